The number of fused-ring (bicyclic) bond motifs is 3. The number of H-pyrrole nitrogens is 1. The molecule has 0 saturated carbocycles. The molecule has 1 aliphatic heterocycles. The van der Waals surface area contributed by atoms with Crippen LogP contribution in [0.15, 0.2) is 46.3 Å². The van der Waals surface area contributed by atoms with Gasteiger partial charge in [0, 0.05) is 24.5 Å². The SMILES string of the molecule is CCC(=O)N1c2ccccc2-c2c(=O)[nH]c(SC)n[n+]2[C@@H]1c1cc(OC)c(OC(C)=O)c([N+](=O)[O-])c1. The second-order valence-electron chi connectivity index (χ2n) is 7.69. The van der Waals surface area contributed by atoms with Crippen LogP contribution in [0.3, 0.4) is 0 Å². The first-order chi connectivity index (χ1) is 17.2. The summed E-state index contributed by atoms with van der Waals surface area (Å²) in [4.78, 5) is 53.5. The van der Waals surface area contributed by atoms with Gasteiger partial charge in [-0.2, -0.15) is 0 Å². The maximum atomic E-state index is 13.3. The Morgan fingerprint density at radius 2 is 2.03 bits per heavy atom. The number of hydrogen-bond acceptors (Lipinski definition) is 9. The summed E-state index contributed by atoms with van der Waals surface area (Å²) in [5, 5.41) is 16.8. The Morgan fingerprint density at radius 3 is 2.64 bits per heavy atom. The fourth-order valence-electron chi connectivity index (χ4n) is 4.10. The van der Waals surface area contributed by atoms with E-state index >= 15 is 0 Å². The van der Waals surface area contributed by atoms with Crippen molar-refractivity contribution in [3.8, 4) is 22.8 Å². The Bertz CT molecular complexity index is 1460. The lowest BCUT2D eigenvalue weighted by Gasteiger charge is -2.32. The number of ether oxygens (including phenoxy) is 2. The Morgan fingerprint density at radius 1 is 1.31 bits per heavy atom. The first-order valence-corrected chi connectivity index (χ1v) is 12.0. The van der Waals surface area contributed by atoms with Crippen LogP contribution < -0.4 is 24.6 Å². The van der Waals surface area contributed by atoms with Gasteiger partial charge in [0.1, 0.15) is 0 Å². The van der Waals surface area contributed by atoms with Crippen molar-refractivity contribution in [1.82, 2.24) is 10.1 Å². The zero-order valence-corrected chi connectivity index (χ0v) is 20.6. The van der Waals surface area contributed by atoms with Crippen molar-refractivity contribution in [3.63, 3.8) is 0 Å². The molecule has 3 aromatic rings. The van der Waals surface area contributed by atoms with Crippen LogP contribution in [-0.2, 0) is 9.59 Å². The van der Waals surface area contributed by atoms with Crippen molar-refractivity contribution in [3.05, 3.63) is 62.4 Å². The van der Waals surface area contributed by atoms with Gasteiger partial charge in [-0.05, 0) is 29.1 Å². The molecule has 0 saturated heterocycles. The van der Waals surface area contributed by atoms with Crippen LogP contribution >= 0.6 is 11.8 Å². The van der Waals surface area contributed by atoms with Crippen molar-refractivity contribution in [2.75, 3.05) is 18.3 Å². The van der Waals surface area contributed by atoms with Crippen LogP contribution in [0.1, 0.15) is 32.0 Å². The topological polar surface area (TPSA) is 149 Å². The van der Waals surface area contributed by atoms with E-state index in [1.54, 1.807) is 37.4 Å². The van der Waals surface area contributed by atoms with E-state index in [9.17, 15) is 24.5 Å². The summed E-state index contributed by atoms with van der Waals surface area (Å²) in [5.74, 6) is -1.52. The number of benzene rings is 2. The molecule has 0 radical (unpaired) electrons. The lowest BCUT2D eigenvalue weighted by molar-refractivity contribution is -0.763. The number of para-hydroxylation sites is 1. The molecule has 1 N–H and O–H groups in total. The molecule has 12 nitrogen and oxygen atoms in total. The van der Waals surface area contributed by atoms with E-state index in [0.29, 0.717) is 11.3 Å². The van der Waals surface area contributed by atoms with Crippen molar-refractivity contribution >= 4 is 35.0 Å². The van der Waals surface area contributed by atoms with Crippen LogP contribution in [0.4, 0.5) is 11.4 Å². The molecule has 1 aliphatic rings. The number of nitro groups is 1. The highest BCUT2D eigenvalue weighted by Crippen LogP contribution is 2.43. The summed E-state index contributed by atoms with van der Waals surface area (Å²) in [6, 6.07) is 9.48. The quantitative estimate of drug-likeness (QED) is 0.131. The number of esters is 1. The third-order valence-corrected chi connectivity index (χ3v) is 6.11. The van der Waals surface area contributed by atoms with Gasteiger partial charge in [-0.15, -0.1) is 0 Å². The lowest BCUT2D eigenvalue weighted by Crippen LogP contribution is -2.60. The monoisotopic (exact) mass is 512 g/mol. The highest BCUT2D eigenvalue weighted by molar-refractivity contribution is 7.98. The molecule has 0 unspecified atom stereocenters. The van der Waals surface area contributed by atoms with E-state index in [2.05, 4.69) is 10.1 Å². The minimum atomic E-state index is -1.07. The molecular weight excluding hydrogens is 490 g/mol. The summed E-state index contributed by atoms with van der Waals surface area (Å²) >= 11 is 1.19. The number of carbonyl (C=O) groups is 2. The number of thioether (sulfide) groups is 1. The number of amides is 1. The van der Waals surface area contributed by atoms with E-state index in [1.165, 1.54) is 40.6 Å². The number of nitrogens with zero attached hydrogens (tertiary/aromatic N) is 4. The van der Waals surface area contributed by atoms with E-state index in [-0.39, 0.29) is 40.2 Å². The molecule has 4 rings (SSSR count). The minimum Gasteiger partial charge on any atom is -0.493 e. The number of aromatic nitrogens is 3. The second-order valence-corrected chi connectivity index (χ2v) is 8.48. The van der Waals surface area contributed by atoms with Crippen LogP contribution in [0.5, 0.6) is 11.5 Å². The number of hydrogen-bond donors (Lipinski definition) is 1. The van der Waals surface area contributed by atoms with Gasteiger partial charge in [0.15, 0.2) is 5.75 Å². The van der Waals surface area contributed by atoms with Crippen molar-refractivity contribution in [2.45, 2.75) is 31.6 Å². The molecule has 0 fully saturated rings. The molecule has 2 aromatic carbocycles. The van der Waals surface area contributed by atoms with Gasteiger partial charge in [-0.25, -0.2) is 4.90 Å². The number of nitrogens with one attached hydrogen (secondary N) is 1. The highest BCUT2D eigenvalue weighted by atomic mass is 32.2. The molecule has 2 heterocycles. The van der Waals surface area contributed by atoms with Crippen LogP contribution in [0.2, 0.25) is 0 Å². The predicted molar refractivity (Wildman–Crippen MR) is 129 cm³/mol. The minimum absolute atomic E-state index is 0.0887. The Balaban J connectivity index is 2.11. The van der Waals surface area contributed by atoms with Crippen molar-refractivity contribution in [2.24, 2.45) is 0 Å². The first-order valence-electron chi connectivity index (χ1n) is 10.8. The van der Waals surface area contributed by atoms with Crippen molar-refractivity contribution in [1.29, 1.82) is 0 Å². The van der Waals surface area contributed by atoms with E-state index < -0.39 is 28.3 Å². The zero-order chi connectivity index (χ0) is 26.1. The molecule has 13 heteroatoms. The molecule has 186 valence electrons. The zero-order valence-electron chi connectivity index (χ0n) is 19.8. The fraction of sp³-hybridized carbons (Fsp3) is 0.261. The Labute approximate surface area is 209 Å². The van der Waals surface area contributed by atoms with Crippen LogP contribution in [0, 0.1) is 10.1 Å². The Hall–Kier alpha value is -4.26. The number of nitro benzene ring substituents is 1. The number of rotatable bonds is 6. The number of anilines is 1. The summed E-state index contributed by atoms with van der Waals surface area (Å²) < 4.78 is 11.8. The van der Waals surface area contributed by atoms with Gasteiger partial charge >= 0.3 is 22.9 Å². The lowest BCUT2D eigenvalue weighted by atomic mass is 10.0. The second kappa shape index (κ2) is 9.77. The molecule has 0 aliphatic carbocycles. The third-order valence-electron chi connectivity index (χ3n) is 5.54. The average molecular weight is 513 g/mol. The number of aromatic amines is 1. The molecule has 0 spiro atoms. The summed E-state index contributed by atoms with van der Waals surface area (Å²) in [5.41, 5.74) is 0.355. The predicted octanol–water partition coefficient (Wildman–Crippen LogP) is 2.59. The molecule has 0 bridgehead atoms. The Kier molecular flexibility index (Phi) is 6.75. The van der Waals surface area contributed by atoms with E-state index in [0.717, 1.165) is 6.92 Å². The standard InChI is InChI=1S/C23H21N5O7S/c1-5-18(30)26-15-9-7-6-8-14(15)19-21(31)24-23(36-4)25-27(19)22(26)13-10-16(28(32)33)20(35-12(2)29)17(11-13)34-3/h6-11,22H,5H2,1-4H3/p+1/t22-/m1/s1. The number of carbonyl (C=O) groups excluding carboxylic acids is 2. The van der Waals surface area contributed by atoms with Crippen LogP contribution in [0.25, 0.3) is 11.3 Å². The molecule has 1 atom stereocenters. The van der Waals surface area contributed by atoms with Gasteiger partial charge in [0.05, 0.1) is 28.8 Å². The van der Waals surface area contributed by atoms with Gasteiger partial charge in [-0.1, -0.05) is 30.8 Å². The van der Waals surface area contributed by atoms with Gasteiger partial charge in [0.2, 0.25) is 16.8 Å². The largest absolute Gasteiger partial charge is 0.493 e. The number of methoxy groups -OCH3 is 1. The molecule has 1 aromatic heterocycles. The maximum Gasteiger partial charge on any atom is 0.325 e. The fourth-order valence-corrected chi connectivity index (χ4v) is 4.46. The molecular formula is C23H22N5O7S+. The van der Waals surface area contributed by atoms with E-state index in [1.807, 2.05) is 0 Å². The average Bonchev–Trinajstić information content (AvgIpc) is 2.86. The van der Waals surface area contributed by atoms with Crippen molar-refractivity contribution < 1.29 is 28.7 Å². The van der Waals surface area contributed by atoms with Gasteiger partial charge < -0.3 is 9.47 Å². The van der Waals surface area contributed by atoms with Gasteiger partial charge in [-0.3, -0.25) is 29.5 Å². The summed E-state index contributed by atoms with van der Waals surface area (Å²) in [7, 11) is 1.27. The normalized spacial score (nSPS) is 14.0. The van der Waals surface area contributed by atoms with Crippen LogP contribution in [-0.4, -0.2) is 40.2 Å². The summed E-state index contributed by atoms with van der Waals surface area (Å²) in [6.45, 7) is 2.80. The first kappa shape index (κ1) is 24.9. The smallest absolute Gasteiger partial charge is 0.325 e. The molecule has 1 amide bonds. The maximum absolute atomic E-state index is 13.3. The third kappa shape index (κ3) is 4.17. The molecule has 36 heavy (non-hydrogen) atoms. The summed E-state index contributed by atoms with van der Waals surface area (Å²) in [6.07, 6.45) is 0.771. The van der Waals surface area contributed by atoms with E-state index in [4.69, 9.17) is 9.47 Å². The van der Waals surface area contributed by atoms with Gasteiger partial charge in [0.25, 0.3) is 6.17 Å². The highest BCUT2D eigenvalue weighted by Gasteiger charge is 2.46.